The van der Waals surface area contributed by atoms with Crippen molar-refractivity contribution in [2.24, 2.45) is 11.3 Å². The molecule has 1 fully saturated rings. The maximum atomic E-state index is 14.0. The van der Waals surface area contributed by atoms with Crippen LogP contribution in [0.5, 0.6) is 0 Å². The molecule has 0 radical (unpaired) electrons. The van der Waals surface area contributed by atoms with E-state index in [0.29, 0.717) is 39.1 Å². The Kier molecular flexibility index (Phi) is 14.6. The predicted molar refractivity (Wildman–Crippen MR) is 182 cm³/mol. The van der Waals surface area contributed by atoms with Gasteiger partial charge in [0, 0.05) is 32.1 Å². The van der Waals surface area contributed by atoms with Crippen molar-refractivity contribution in [1.82, 2.24) is 36.3 Å². The zero-order valence-electron chi connectivity index (χ0n) is 28.9. The van der Waals surface area contributed by atoms with Crippen LogP contribution in [0.1, 0.15) is 57.3 Å². The summed E-state index contributed by atoms with van der Waals surface area (Å²) in [5, 5.41) is 19.6. The zero-order valence-corrected chi connectivity index (χ0v) is 29.8. The number of amides is 5. The van der Waals surface area contributed by atoms with Gasteiger partial charge in [-0.3, -0.25) is 15.0 Å². The van der Waals surface area contributed by atoms with Crippen LogP contribution in [0.2, 0.25) is 0 Å². The lowest BCUT2D eigenvalue weighted by molar-refractivity contribution is -0.129. The van der Waals surface area contributed by atoms with Crippen molar-refractivity contribution < 1.29 is 33.8 Å². The number of nitrogens with zero attached hydrogens (tertiary/aromatic N) is 3. The van der Waals surface area contributed by atoms with Gasteiger partial charge in [0.15, 0.2) is 0 Å². The number of hydrogen-bond acceptors (Lipinski definition) is 10. The van der Waals surface area contributed by atoms with Gasteiger partial charge in [-0.05, 0) is 23.3 Å². The number of hydrogen-bond donors (Lipinski definition) is 5. The minimum atomic E-state index is -1.13. The van der Waals surface area contributed by atoms with Gasteiger partial charge in [0.05, 0.1) is 38.1 Å². The van der Waals surface area contributed by atoms with Crippen LogP contribution in [-0.2, 0) is 38.6 Å². The fourth-order valence-corrected chi connectivity index (χ4v) is 6.23. The molecule has 0 spiro atoms. The van der Waals surface area contributed by atoms with E-state index in [-0.39, 0.29) is 24.4 Å². The first kappa shape index (κ1) is 38.7. The molecule has 1 aliphatic heterocycles. The molecule has 48 heavy (non-hydrogen) atoms. The number of carbonyl (C=O) groups is 4. The summed E-state index contributed by atoms with van der Waals surface area (Å²) in [6.07, 6.45) is -0.919. The Labute approximate surface area is 286 Å². The second-order valence-electron chi connectivity index (χ2n) is 13.1. The molecule has 0 bridgehead atoms. The van der Waals surface area contributed by atoms with Gasteiger partial charge in [0.2, 0.25) is 5.91 Å². The van der Waals surface area contributed by atoms with E-state index in [1.807, 2.05) is 49.6 Å². The number of alkyl carbamates (subject to hydrolysis) is 1. The van der Waals surface area contributed by atoms with E-state index in [4.69, 9.17) is 4.74 Å². The van der Waals surface area contributed by atoms with E-state index in [0.717, 1.165) is 16.3 Å². The SMILES string of the molecule is CC[C@H](C)[C@@H](C(=O)N[C@@H](Cc1ccccc1)[C@@H](O)CNNC(=O)[C@@H](NC(=O)OC)C(C)(C)C)N1CCN(Cc2csc(COC)n2)C1=O. The molecular formula is C33H51N7O7S. The summed E-state index contributed by atoms with van der Waals surface area (Å²) < 4.78 is 9.82. The Morgan fingerprint density at radius 3 is 2.42 bits per heavy atom. The standard InChI is InChI=1S/C33H51N7O7S/c1-8-21(2)27(40-15-14-39(32(40)45)18-23-20-48-26(35-23)19-46-6)29(42)36-24(16-22-12-10-9-11-13-22)25(41)17-34-38-30(43)28(33(3,4)5)37-31(44)47-7/h9-13,20-21,24-25,27-28,34,41H,8,14-19H2,1-7H3,(H,36,42)(H,37,44)(H,38,43)/t21-,24-,25-,27-,28+/m0/s1. The van der Waals surface area contributed by atoms with E-state index in [1.165, 1.54) is 18.4 Å². The molecular weight excluding hydrogens is 638 g/mol. The minimum absolute atomic E-state index is 0.109. The van der Waals surface area contributed by atoms with Gasteiger partial charge >= 0.3 is 12.1 Å². The third-order valence-corrected chi connectivity index (χ3v) is 9.19. The average molecular weight is 690 g/mol. The Balaban J connectivity index is 1.72. The van der Waals surface area contributed by atoms with Crippen LogP contribution in [0.15, 0.2) is 35.7 Å². The highest BCUT2D eigenvalue weighted by Crippen LogP contribution is 2.24. The lowest BCUT2D eigenvalue weighted by Gasteiger charge is -2.34. The summed E-state index contributed by atoms with van der Waals surface area (Å²) in [6.45, 7) is 10.8. The molecule has 14 nitrogen and oxygen atoms in total. The Morgan fingerprint density at radius 2 is 1.79 bits per heavy atom. The summed E-state index contributed by atoms with van der Waals surface area (Å²) >= 11 is 1.48. The van der Waals surface area contributed by atoms with Crippen LogP contribution in [-0.4, -0.2) is 102 Å². The van der Waals surface area contributed by atoms with Gasteiger partial charge in [-0.1, -0.05) is 71.4 Å². The topological polar surface area (TPSA) is 174 Å². The van der Waals surface area contributed by atoms with Gasteiger partial charge in [0.1, 0.15) is 17.1 Å². The highest BCUT2D eigenvalue weighted by Gasteiger charge is 2.41. The summed E-state index contributed by atoms with van der Waals surface area (Å²) in [6, 6.07) is 6.75. The lowest BCUT2D eigenvalue weighted by atomic mass is 9.86. The fourth-order valence-electron chi connectivity index (χ4n) is 5.47. The molecule has 1 aliphatic rings. The first-order valence-electron chi connectivity index (χ1n) is 16.2. The third-order valence-electron chi connectivity index (χ3n) is 8.32. The molecule has 3 rings (SSSR count). The van der Waals surface area contributed by atoms with Crippen molar-refractivity contribution in [1.29, 1.82) is 0 Å². The normalized spacial score (nSPS) is 16.5. The van der Waals surface area contributed by atoms with E-state index in [2.05, 4.69) is 31.2 Å². The number of ether oxygens (including phenoxy) is 2. The number of thiazole rings is 1. The van der Waals surface area contributed by atoms with Crippen LogP contribution in [0.4, 0.5) is 9.59 Å². The molecule has 1 aromatic carbocycles. The molecule has 5 N–H and O–H groups in total. The summed E-state index contributed by atoms with van der Waals surface area (Å²) in [5.74, 6) is -1.05. The summed E-state index contributed by atoms with van der Waals surface area (Å²) in [4.78, 5) is 60.3. The predicted octanol–water partition coefficient (Wildman–Crippen LogP) is 2.42. The van der Waals surface area contributed by atoms with Gasteiger partial charge in [-0.25, -0.2) is 20.0 Å². The Hall–Kier alpha value is -3.79. The van der Waals surface area contributed by atoms with Crippen molar-refractivity contribution in [3.63, 3.8) is 0 Å². The largest absolute Gasteiger partial charge is 0.453 e. The third kappa shape index (κ3) is 10.9. The first-order chi connectivity index (χ1) is 22.8. The highest BCUT2D eigenvalue weighted by atomic mass is 32.1. The van der Waals surface area contributed by atoms with Crippen LogP contribution in [0.25, 0.3) is 0 Å². The van der Waals surface area contributed by atoms with Gasteiger partial charge < -0.3 is 35.0 Å². The van der Waals surface area contributed by atoms with E-state index >= 15 is 0 Å². The van der Waals surface area contributed by atoms with Crippen molar-refractivity contribution in [2.75, 3.05) is 33.9 Å². The van der Waals surface area contributed by atoms with Crippen LogP contribution in [0.3, 0.4) is 0 Å². The number of carbonyl (C=O) groups excluding carboxylic acids is 4. The number of aliphatic hydroxyl groups is 1. The van der Waals surface area contributed by atoms with Crippen molar-refractivity contribution in [3.8, 4) is 0 Å². The number of nitrogens with one attached hydrogen (secondary N) is 4. The fraction of sp³-hybridized carbons (Fsp3) is 0.606. The smallest absolute Gasteiger partial charge is 0.407 e. The van der Waals surface area contributed by atoms with Gasteiger partial charge in [-0.15, -0.1) is 11.3 Å². The number of aliphatic hydroxyl groups excluding tert-OH is 1. The molecule has 0 saturated carbocycles. The molecule has 15 heteroatoms. The van der Waals surface area contributed by atoms with Gasteiger partial charge in [0.25, 0.3) is 5.91 Å². The number of aromatic nitrogens is 1. The maximum Gasteiger partial charge on any atom is 0.407 e. The van der Waals surface area contributed by atoms with Crippen LogP contribution < -0.4 is 21.5 Å². The molecule has 0 aliphatic carbocycles. The maximum absolute atomic E-state index is 14.0. The monoisotopic (exact) mass is 689 g/mol. The van der Waals surface area contributed by atoms with E-state index in [1.54, 1.807) is 37.7 Å². The van der Waals surface area contributed by atoms with Crippen molar-refractivity contribution in [3.05, 3.63) is 52.0 Å². The summed E-state index contributed by atoms with van der Waals surface area (Å²) in [5.41, 5.74) is 6.33. The minimum Gasteiger partial charge on any atom is -0.453 e. The summed E-state index contributed by atoms with van der Waals surface area (Å²) in [7, 11) is 2.82. The van der Waals surface area contributed by atoms with Crippen LogP contribution >= 0.6 is 11.3 Å². The lowest BCUT2D eigenvalue weighted by Crippen LogP contribution is -2.59. The average Bonchev–Trinajstić information content (AvgIpc) is 3.65. The Morgan fingerprint density at radius 1 is 1.08 bits per heavy atom. The molecule has 0 unspecified atom stereocenters. The quantitative estimate of drug-likeness (QED) is 0.156. The van der Waals surface area contributed by atoms with E-state index < -0.39 is 41.6 Å². The molecule has 266 valence electrons. The number of hydrazine groups is 1. The number of methoxy groups -OCH3 is 2. The number of urea groups is 1. The second kappa shape index (κ2) is 18.1. The van der Waals surface area contributed by atoms with Crippen LogP contribution in [0, 0.1) is 11.3 Å². The molecule has 1 aromatic heterocycles. The Bertz CT molecular complexity index is 1350. The van der Waals surface area contributed by atoms with Crippen molar-refractivity contribution >= 4 is 35.3 Å². The molecule has 2 aromatic rings. The number of benzene rings is 1. The molecule has 5 atom stereocenters. The van der Waals surface area contributed by atoms with E-state index in [9.17, 15) is 24.3 Å². The first-order valence-corrected chi connectivity index (χ1v) is 17.0. The molecule has 5 amide bonds. The zero-order chi connectivity index (χ0) is 35.4. The number of rotatable bonds is 17. The van der Waals surface area contributed by atoms with Crippen molar-refractivity contribution in [2.45, 2.75) is 84.8 Å². The van der Waals surface area contributed by atoms with Gasteiger partial charge in [-0.2, -0.15) is 0 Å². The molecule has 2 heterocycles. The highest BCUT2D eigenvalue weighted by molar-refractivity contribution is 7.09. The second-order valence-corrected chi connectivity index (χ2v) is 14.0. The molecule has 1 saturated heterocycles.